The SMILES string of the molecule is CCS(=O)(=O)N1CCN(C(=O)c2c(C)nn(Cc3ccccc3)c2Cl)CC1. The Bertz CT molecular complexity index is 920. The van der Waals surface area contributed by atoms with Crippen LogP contribution >= 0.6 is 11.6 Å². The molecule has 3 rings (SSSR count). The van der Waals surface area contributed by atoms with Gasteiger partial charge >= 0.3 is 0 Å². The van der Waals surface area contributed by atoms with Crippen LogP contribution in [0.4, 0.5) is 0 Å². The van der Waals surface area contributed by atoms with Crippen molar-refractivity contribution in [3.05, 3.63) is 52.3 Å². The maximum absolute atomic E-state index is 13.0. The molecule has 0 unspecified atom stereocenters. The Kier molecular flexibility index (Phi) is 5.88. The molecule has 0 radical (unpaired) electrons. The number of aryl methyl sites for hydroxylation is 1. The van der Waals surface area contributed by atoms with E-state index in [0.29, 0.717) is 49.1 Å². The third-order valence-electron chi connectivity index (χ3n) is 4.74. The third-order valence-corrected chi connectivity index (χ3v) is 7.00. The number of aromatic nitrogens is 2. The van der Waals surface area contributed by atoms with Crippen LogP contribution in [0.5, 0.6) is 0 Å². The summed E-state index contributed by atoms with van der Waals surface area (Å²) in [6, 6.07) is 9.77. The van der Waals surface area contributed by atoms with Gasteiger partial charge in [-0.3, -0.25) is 4.79 Å². The molecule has 27 heavy (non-hydrogen) atoms. The lowest BCUT2D eigenvalue weighted by molar-refractivity contribution is 0.0697. The smallest absolute Gasteiger partial charge is 0.258 e. The average Bonchev–Trinajstić information content (AvgIpc) is 2.95. The number of sulfonamides is 1. The van der Waals surface area contributed by atoms with Crippen molar-refractivity contribution >= 4 is 27.5 Å². The molecule has 1 aliphatic heterocycles. The van der Waals surface area contributed by atoms with Crippen LogP contribution < -0.4 is 0 Å². The van der Waals surface area contributed by atoms with Crippen molar-refractivity contribution in [3.63, 3.8) is 0 Å². The lowest BCUT2D eigenvalue weighted by Gasteiger charge is -2.33. The van der Waals surface area contributed by atoms with Crippen molar-refractivity contribution in [3.8, 4) is 0 Å². The summed E-state index contributed by atoms with van der Waals surface area (Å²) < 4.78 is 27.0. The number of benzene rings is 1. The van der Waals surface area contributed by atoms with E-state index in [-0.39, 0.29) is 11.7 Å². The molecule has 1 aliphatic rings. The van der Waals surface area contributed by atoms with Crippen molar-refractivity contribution in [2.45, 2.75) is 20.4 Å². The third kappa shape index (κ3) is 4.17. The molecule has 1 aromatic carbocycles. The second-order valence-corrected chi connectivity index (χ2v) is 9.10. The number of piperazine rings is 1. The fourth-order valence-electron chi connectivity index (χ4n) is 3.17. The van der Waals surface area contributed by atoms with Crippen molar-refractivity contribution in [2.24, 2.45) is 0 Å². The van der Waals surface area contributed by atoms with E-state index in [9.17, 15) is 13.2 Å². The molecule has 1 fully saturated rings. The van der Waals surface area contributed by atoms with Gasteiger partial charge in [0.05, 0.1) is 23.6 Å². The van der Waals surface area contributed by atoms with E-state index in [1.807, 2.05) is 30.3 Å². The number of carbonyl (C=O) groups excluding carboxylic acids is 1. The fourth-order valence-corrected chi connectivity index (χ4v) is 4.57. The molecule has 0 aliphatic carbocycles. The zero-order chi connectivity index (χ0) is 19.6. The fraction of sp³-hybridized carbons (Fsp3) is 0.444. The minimum Gasteiger partial charge on any atom is -0.336 e. The molecule has 1 aromatic heterocycles. The lowest BCUT2D eigenvalue weighted by Crippen LogP contribution is -2.51. The van der Waals surface area contributed by atoms with Gasteiger partial charge in [0.2, 0.25) is 10.0 Å². The van der Waals surface area contributed by atoms with Crippen molar-refractivity contribution in [1.82, 2.24) is 19.0 Å². The Morgan fingerprint density at radius 1 is 1.15 bits per heavy atom. The molecular weight excluding hydrogens is 388 g/mol. The molecular formula is C18H23ClN4O3S. The molecule has 0 bridgehead atoms. The highest BCUT2D eigenvalue weighted by atomic mass is 35.5. The van der Waals surface area contributed by atoms with Crippen LogP contribution in [0.2, 0.25) is 5.15 Å². The number of carbonyl (C=O) groups is 1. The van der Waals surface area contributed by atoms with Crippen LogP contribution in [0, 0.1) is 6.92 Å². The summed E-state index contributed by atoms with van der Waals surface area (Å²) in [6.45, 7) is 5.16. The van der Waals surface area contributed by atoms with Gasteiger partial charge in [-0.15, -0.1) is 0 Å². The predicted molar refractivity (Wildman–Crippen MR) is 104 cm³/mol. The Morgan fingerprint density at radius 2 is 1.78 bits per heavy atom. The first-order valence-corrected chi connectivity index (χ1v) is 10.9. The van der Waals surface area contributed by atoms with E-state index in [0.717, 1.165) is 5.56 Å². The molecule has 2 aromatic rings. The van der Waals surface area contributed by atoms with E-state index in [4.69, 9.17) is 11.6 Å². The van der Waals surface area contributed by atoms with Gasteiger partial charge in [-0.25, -0.2) is 13.1 Å². The summed E-state index contributed by atoms with van der Waals surface area (Å²) in [6.07, 6.45) is 0. The number of rotatable bonds is 5. The van der Waals surface area contributed by atoms with E-state index < -0.39 is 10.0 Å². The minimum atomic E-state index is -3.23. The number of halogens is 1. The van der Waals surface area contributed by atoms with E-state index in [1.54, 1.807) is 23.4 Å². The Hall–Kier alpha value is -1.90. The number of hydrogen-bond donors (Lipinski definition) is 0. The van der Waals surface area contributed by atoms with Crippen LogP contribution in [0.25, 0.3) is 0 Å². The molecule has 0 spiro atoms. The van der Waals surface area contributed by atoms with Crippen LogP contribution in [0.15, 0.2) is 30.3 Å². The summed E-state index contributed by atoms with van der Waals surface area (Å²) in [5, 5.41) is 4.73. The first-order valence-electron chi connectivity index (χ1n) is 8.87. The summed E-state index contributed by atoms with van der Waals surface area (Å²) in [7, 11) is -3.23. The van der Waals surface area contributed by atoms with Gasteiger partial charge in [0.25, 0.3) is 5.91 Å². The standard InChI is InChI=1S/C18H23ClN4O3S/c1-3-27(25,26)22-11-9-21(10-12-22)18(24)16-14(2)20-23(17(16)19)13-15-7-5-4-6-8-15/h4-8H,3,9-13H2,1-2H3. The second kappa shape index (κ2) is 8.00. The number of hydrogen-bond acceptors (Lipinski definition) is 4. The van der Waals surface area contributed by atoms with E-state index in [2.05, 4.69) is 5.10 Å². The maximum Gasteiger partial charge on any atom is 0.258 e. The maximum atomic E-state index is 13.0. The molecule has 1 saturated heterocycles. The van der Waals surface area contributed by atoms with Gasteiger partial charge in [0.15, 0.2) is 0 Å². The number of amides is 1. The van der Waals surface area contributed by atoms with Gasteiger partial charge in [-0.2, -0.15) is 9.40 Å². The Balaban J connectivity index is 1.74. The molecule has 0 saturated carbocycles. The van der Waals surface area contributed by atoms with Gasteiger partial charge in [0, 0.05) is 26.2 Å². The number of nitrogens with zero attached hydrogens (tertiary/aromatic N) is 4. The molecule has 0 N–H and O–H groups in total. The first kappa shape index (κ1) is 19.9. The quantitative estimate of drug-likeness (QED) is 0.755. The normalized spacial score (nSPS) is 15.9. The van der Waals surface area contributed by atoms with Crippen LogP contribution in [-0.2, 0) is 16.6 Å². The molecule has 9 heteroatoms. The topological polar surface area (TPSA) is 75.5 Å². The summed E-state index contributed by atoms with van der Waals surface area (Å²) in [5.74, 6) is -0.136. The molecule has 2 heterocycles. The Labute approximate surface area is 164 Å². The van der Waals surface area contributed by atoms with Crippen molar-refractivity contribution < 1.29 is 13.2 Å². The minimum absolute atomic E-state index is 0.0676. The summed E-state index contributed by atoms with van der Waals surface area (Å²) >= 11 is 6.46. The van der Waals surface area contributed by atoms with Crippen LogP contribution in [-0.4, -0.2) is 65.2 Å². The highest BCUT2D eigenvalue weighted by molar-refractivity contribution is 7.89. The second-order valence-electron chi connectivity index (χ2n) is 6.49. The van der Waals surface area contributed by atoms with E-state index in [1.165, 1.54) is 4.31 Å². The zero-order valence-electron chi connectivity index (χ0n) is 15.4. The van der Waals surface area contributed by atoms with Crippen LogP contribution in [0.3, 0.4) is 0 Å². The summed E-state index contributed by atoms with van der Waals surface area (Å²) in [4.78, 5) is 14.6. The van der Waals surface area contributed by atoms with Gasteiger partial charge in [0.1, 0.15) is 5.15 Å². The van der Waals surface area contributed by atoms with Crippen molar-refractivity contribution in [2.75, 3.05) is 31.9 Å². The largest absolute Gasteiger partial charge is 0.336 e. The highest BCUT2D eigenvalue weighted by Gasteiger charge is 2.31. The Morgan fingerprint density at radius 3 is 2.37 bits per heavy atom. The molecule has 1 amide bonds. The van der Waals surface area contributed by atoms with Crippen molar-refractivity contribution in [1.29, 1.82) is 0 Å². The lowest BCUT2D eigenvalue weighted by atomic mass is 10.2. The van der Waals surface area contributed by atoms with Crippen LogP contribution in [0.1, 0.15) is 28.5 Å². The van der Waals surface area contributed by atoms with Gasteiger partial charge in [-0.05, 0) is 19.4 Å². The molecule has 146 valence electrons. The molecule has 0 atom stereocenters. The average molecular weight is 411 g/mol. The van der Waals surface area contributed by atoms with Gasteiger partial charge in [-0.1, -0.05) is 41.9 Å². The van der Waals surface area contributed by atoms with Gasteiger partial charge < -0.3 is 4.90 Å². The summed E-state index contributed by atoms with van der Waals surface area (Å²) in [5.41, 5.74) is 2.00. The molecule has 7 nitrogen and oxygen atoms in total. The first-order chi connectivity index (χ1) is 12.8. The van der Waals surface area contributed by atoms with E-state index >= 15 is 0 Å². The zero-order valence-corrected chi connectivity index (χ0v) is 17.0. The monoisotopic (exact) mass is 410 g/mol. The highest BCUT2D eigenvalue weighted by Crippen LogP contribution is 2.23. The predicted octanol–water partition coefficient (Wildman–Crippen LogP) is 2.00.